The topological polar surface area (TPSA) is 69.4 Å². The van der Waals surface area contributed by atoms with Crippen molar-refractivity contribution < 1.29 is 14.5 Å². The summed E-state index contributed by atoms with van der Waals surface area (Å²) in [7, 11) is 0. The van der Waals surface area contributed by atoms with Crippen LogP contribution >= 0.6 is 15.9 Å². The number of nitrogens with zero attached hydrogens (tertiary/aromatic N) is 1. The minimum atomic E-state index is -0.504. The van der Waals surface area contributed by atoms with Gasteiger partial charge in [0.25, 0.3) is 5.69 Å². The van der Waals surface area contributed by atoms with Crippen LogP contribution in [0.1, 0.15) is 21.5 Å². The average molecular weight is 350 g/mol. The highest BCUT2D eigenvalue weighted by Crippen LogP contribution is 2.19. The second-order valence-electron chi connectivity index (χ2n) is 4.46. The van der Waals surface area contributed by atoms with Gasteiger partial charge >= 0.3 is 5.97 Å². The Morgan fingerprint density at radius 1 is 1.24 bits per heavy atom. The number of hydrogen-bond acceptors (Lipinski definition) is 4. The zero-order valence-corrected chi connectivity index (χ0v) is 12.8. The van der Waals surface area contributed by atoms with Crippen LogP contribution in [0.25, 0.3) is 0 Å². The zero-order chi connectivity index (χ0) is 15.4. The summed E-state index contributed by atoms with van der Waals surface area (Å²) in [5, 5.41) is 10.7. The van der Waals surface area contributed by atoms with Crippen molar-refractivity contribution in [1.82, 2.24) is 0 Å². The fourth-order valence-corrected chi connectivity index (χ4v) is 2.06. The first-order valence-electron chi connectivity index (χ1n) is 6.14. The summed E-state index contributed by atoms with van der Waals surface area (Å²) >= 11 is 3.33. The molecule has 0 unspecified atom stereocenters. The molecule has 0 atom stereocenters. The fraction of sp³-hybridized carbons (Fsp3) is 0.133. The summed E-state index contributed by atoms with van der Waals surface area (Å²) in [6.45, 7) is 1.74. The first-order chi connectivity index (χ1) is 9.97. The van der Waals surface area contributed by atoms with Crippen LogP contribution in [0.3, 0.4) is 0 Å². The Hall–Kier alpha value is -2.21. The lowest BCUT2D eigenvalue weighted by Gasteiger charge is -2.06. The Balaban J connectivity index is 2.05. The smallest absolute Gasteiger partial charge is 0.338 e. The van der Waals surface area contributed by atoms with Crippen molar-refractivity contribution in [2.45, 2.75) is 13.5 Å². The molecule has 0 aliphatic heterocycles. The van der Waals surface area contributed by atoms with Crippen LogP contribution in [0.15, 0.2) is 46.9 Å². The summed E-state index contributed by atoms with van der Waals surface area (Å²) in [5.74, 6) is -0.504. The number of rotatable bonds is 4. The van der Waals surface area contributed by atoms with Gasteiger partial charge in [-0.15, -0.1) is 0 Å². The number of nitro groups is 1. The predicted octanol–water partition coefficient (Wildman–Crippen LogP) is 4.02. The highest BCUT2D eigenvalue weighted by Gasteiger charge is 2.14. The second-order valence-corrected chi connectivity index (χ2v) is 5.38. The molecule has 0 saturated heterocycles. The van der Waals surface area contributed by atoms with E-state index in [4.69, 9.17) is 4.74 Å². The largest absolute Gasteiger partial charge is 0.457 e. The van der Waals surface area contributed by atoms with Crippen molar-refractivity contribution in [1.29, 1.82) is 0 Å². The van der Waals surface area contributed by atoms with Gasteiger partial charge in [0.05, 0.1) is 10.5 Å². The number of esters is 1. The summed E-state index contributed by atoms with van der Waals surface area (Å²) in [6, 6.07) is 11.6. The minimum absolute atomic E-state index is 0.0144. The number of nitro benzene ring substituents is 1. The van der Waals surface area contributed by atoms with Crippen molar-refractivity contribution in [2.75, 3.05) is 0 Å². The Morgan fingerprint density at radius 3 is 2.48 bits per heavy atom. The molecule has 0 fully saturated rings. The summed E-state index contributed by atoms with van der Waals surface area (Å²) in [5.41, 5.74) is 1.58. The molecule has 6 heteroatoms. The van der Waals surface area contributed by atoms with Crippen LogP contribution < -0.4 is 0 Å². The molecule has 5 nitrogen and oxygen atoms in total. The first-order valence-corrected chi connectivity index (χ1v) is 6.93. The summed E-state index contributed by atoms with van der Waals surface area (Å²) in [4.78, 5) is 22.2. The molecular formula is C15H12BrNO4. The molecular weight excluding hydrogens is 338 g/mol. The monoisotopic (exact) mass is 349 g/mol. The highest BCUT2D eigenvalue weighted by molar-refractivity contribution is 9.10. The van der Waals surface area contributed by atoms with Gasteiger partial charge in [0, 0.05) is 16.1 Å². The van der Waals surface area contributed by atoms with Crippen molar-refractivity contribution in [3.63, 3.8) is 0 Å². The first kappa shape index (κ1) is 15.2. The van der Waals surface area contributed by atoms with Gasteiger partial charge in [-0.25, -0.2) is 4.79 Å². The van der Waals surface area contributed by atoms with Crippen LogP contribution in [0.4, 0.5) is 5.69 Å². The molecule has 0 heterocycles. The van der Waals surface area contributed by atoms with Gasteiger partial charge in [0.15, 0.2) is 0 Å². The van der Waals surface area contributed by atoms with E-state index in [2.05, 4.69) is 15.9 Å². The maximum atomic E-state index is 11.9. The third kappa shape index (κ3) is 3.88. The van der Waals surface area contributed by atoms with Crippen LogP contribution in [-0.4, -0.2) is 10.9 Å². The van der Waals surface area contributed by atoms with E-state index in [0.29, 0.717) is 11.1 Å². The molecule has 2 rings (SSSR count). The van der Waals surface area contributed by atoms with E-state index < -0.39 is 10.9 Å². The van der Waals surface area contributed by atoms with Crippen molar-refractivity contribution >= 4 is 27.6 Å². The van der Waals surface area contributed by atoms with Crippen LogP contribution in [-0.2, 0) is 11.3 Å². The standard InChI is InChI=1S/C15H12BrNO4/c1-10-8-12(4-7-14(10)17(19)20)15(18)21-9-11-2-5-13(16)6-3-11/h2-8H,9H2,1H3. The summed E-state index contributed by atoms with van der Waals surface area (Å²) < 4.78 is 6.13. The van der Waals surface area contributed by atoms with E-state index in [1.807, 2.05) is 24.3 Å². The molecule has 0 radical (unpaired) electrons. The van der Waals surface area contributed by atoms with Crippen LogP contribution in [0.5, 0.6) is 0 Å². The molecule has 0 aromatic heterocycles. The lowest BCUT2D eigenvalue weighted by molar-refractivity contribution is -0.385. The van der Waals surface area contributed by atoms with E-state index in [1.165, 1.54) is 18.2 Å². The Labute approximate surface area is 129 Å². The average Bonchev–Trinajstić information content (AvgIpc) is 2.45. The third-order valence-electron chi connectivity index (χ3n) is 2.91. The van der Waals surface area contributed by atoms with Gasteiger partial charge in [-0.2, -0.15) is 0 Å². The Bertz CT molecular complexity index is 683. The number of aryl methyl sites for hydroxylation is 1. The number of benzene rings is 2. The number of halogens is 1. The number of carbonyl (C=O) groups excluding carboxylic acids is 1. The lowest BCUT2D eigenvalue weighted by Crippen LogP contribution is -2.06. The molecule has 0 aliphatic rings. The van der Waals surface area contributed by atoms with Gasteiger partial charge in [0.1, 0.15) is 6.61 Å². The van der Waals surface area contributed by atoms with Gasteiger partial charge < -0.3 is 4.74 Å². The predicted molar refractivity (Wildman–Crippen MR) is 81.1 cm³/mol. The summed E-state index contributed by atoms with van der Waals surface area (Å²) in [6.07, 6.45) is 0. The molecule has 0 N–H and O–H groups in total. The fourth-order valence-electron chi connectivity index (χ4n) is 1.80. The number of hydrogen-bond donors (Lipinski definition) is 0. The van der Waals surface area contributed by atoms with Crippen LogP contribution in [0, 0.1) is 17.0 Å². The van der Waals surface area contributed by atoms with Crippen LogP contribution in [0.2, 0.25) is 0 Å². The van der Waals surface area contributed by atoms with E-state index in [-0.39, 0.29) is 12.3 Å². The highest BCUT2D eigenvalue weighted by atomic mass is 79.9. The van der Waals surface area contributed by atoms with E-state index in [9.17, 15) is 14.9 Å². The van der Waals surface area contributed by atoms with Crippen molar-refractivity contribution in [3.8, 4) is 0 Å². The van der Waals surface area contributed by atoms with Gasteiger partial charge in [0.2, 0.25) is 0 Å². The third-order valence-corrected chi connectivity index (χ3v) is 3.44. The number of carbonyl (C=O) groups is 1. The minimum Gasteiger partial charge on any atom is -0.457 e. The maximum absolute atomic E-state index is 11.9. The lowest BCUT2D eigenvalue weighted by atomic mass is 10.1. The molecule has 21 heavy (non-hydrogen) atoms. The van der Waals surface area contributed by atoms with Crippen molar-refractivity contribution in [2.24, 2.45) is 0 Å². The van der Waals surface area contributed by atoms with E-state index in [0.717, 1.165) is 10.0 Å². The molecule has 0 spiro atoms. The van der Waals surface area contributed by atoms with E-state index in [1.54, 1.807) is 6.92 Å². The van der Waals surface area contributed by atoms with Crippen molar-refractivity contribution in [3.05, 3.63) is 73.7 Å². The molecule has 0 saturated carbocycles. The SMILES string of the molecule is Cc1cc(C(=O)OCc2ccc(Br)cc2)ccc1[N+](=O)[O-]. The van der Waals surface area contributed by atoms with E-state index >= 15 is 0 Å². The quantitative estimate of drug-likeness (QED) is 0.474. The van der Waals surface area contributed by atoms with Gasteiger partial charge in [-0.1, -0.05) is 28.1 Å². The Morgan fingerprint density at radius 2 is 1.90 bits per heavy atom. The van der Waals surface area contributed by atoms with Gasteiger partial charge in [-0.3, -0.25) is 10.1 Å². The zero-order valence-electron chi connectivity index (χ0n) is 11.2. The van der Waals surface area contributed by atoms with Gasteiger partial charge in [-0.05, 0) is 36.8 Å². The molecule has 0 bridgehead atoms. The number of ether oxygens (including phenoxy) is 1. The molecule has 108 valence electrons. The molecule has 0 amide bonds. The Kier molecular flexibility index (Phi) is 4.70. The second kappa shape index (κ2) is 6.49. The molecule has 2 aromatic carbocycles. The maximum Gasteiger partial charge on any atom is 0.338 e. The normalized spacial score (nSPS) is 10.2. The molecule has 0 aliphatic carbocycles. The molecule has 2 aromatic rings.